The van der Waals surface area contributed by atoms with Gasteiger partial charge in [-0.25, -0.2) is 4.79 Å². The molecule has 1 saturated heterocycles. The SMILES string of the molecule is Cc1cccc(N(C)C(=O)N2CCCC(C)C2)c1. The third kappa shape index (κ3) is 2.84. The summed E-state index contributed by atoms with van der Waals surface area (Å²) in [6, 6.07) is 8.19. The lowest BCUT2D eigenvalue weighted by Gasteiger charge is -2.34. The summed E-state index contributed by atoms with van der Waals surface area (Å²) in [5.41, 5.74) is 2.15. The highest BCUT2D eigenvalue weighted by Crippen LogP contribution is 2.20. The van der Waals surface area contributed by atoms with E-state index in [0.29, 0.717) is 5.92 Å². The number of rotatable bonds is 1. The van der Waals surface area contributed by atoms with Crippen molar-refractivity contribution in [1.82, 2.24) is 4.90 Å². The molecule has 1 heterocycles. The average Bonchev–Trinajstić information content (AvgIpc) is 2.37. The highest BCUT2D eigenvalue weighted by atomic mass is 16.2. The van der Waals surface area contributed by atoms with Crippen molar-refractivity contribution < 1.29 is 4.79 Å². The van der Waals surface area contributed by atoms with E-state index in [0.717, 1.165) is 25.2 Å². The van der Waals surface area contributed by atoms with Crippen molar-refractivity contribution >= 4 is 11.7 Å². The summed E-state index contributed by atoms with van der Waals surface area (Å²) in [5.74, 6) is 0.619. The van der Waals surface area contributed by atoms with Crippen LogP contribution in [0.5, 0.6) is 0 Å². The van der Waals surface area contributed by atoms with E-state index < -0.39 is 0 Å². The second-order valence-corrected chi connectivity index (χ2v) is 5.37. The molecule has 1 atom stereocenters. The Morgan fingerprint density at radius 2 is 2.22 bits per heavy atom. The highest BCUT2D eigenvalue weighted by molar-refractivity contribution is 5.91. The Kier molecular flexibility index (Phi) is 3.90. The van der Waals surface area contributed by atoms with Crippen LogP contribution in [0, 0.1) is 12.8 Å². The molecule has 18 heavy (non-hydrogen) atoms. The van der Waals surface area contributed by atoms with Gasteiger partial charge in [0.1, 0.15) is 0 Å². The molecular formula is C15H22N2O. The number of hydrogen-bond donors (Lipinski definition) is 0. The molecule has 1 aliphatic rings. The third-order valence-electron chi connectivity index (χ3n) is 3.60. The molecular weight excluding hydrogens is 224 g/mol. The second kappa shape index (κ2) is 5.42. The van der Waals surface area contributed by atoms with Crippen LogP contribution in [0.1, 0.15) is 25.3 Å². The smallest absolute Gasteiger partial charge is 0.324 e. The quantitative estimate of drug-likeness (QED) is 0.746. The lowest BCUT2D eigenvalue weighted by atomic mass is 10.0. The summed E-state index contributed by atoms with van der Waals surface area (Å²) < 4.78 is 0. The molecule has 0 aromatic heterocycles. The molecule has 1 aromatic rings. The third-order valence-corrected chi connectivity index (χ3v) is 3.60. The number of amides is 2. The fraction of sp³-hybridized carbons (Fsp3) is 0.533. The number of carbonyl (C=O) groups excluding carboxylic acids is 1. The van der Waals surface area contributed by atoms with Crippen LogP contribution in [0.25, 0.3) is 0 Å². The topological polar surface area (TPSA) is 23.6 Å². The zero-order valence-electron chi connectivity index (χ0n) is 11.5. The van der Waals surface area contributed by atoms with Crippen molar-refractivity contribution in [3.63, 3.8) is 0 Å². The summed E-state index contributed by atoms with van der Waals surface area (Å²) in [4.78, 5) is 16.1. The van der Waals surface area contributed by atoms with Crippen LogP contribution in [0.2, 0.25) is 0 Å². The van der Waals surface area contributed by atoms with Crippen LogP contribution in [0.3, 0.4) is 0 Å². The molecule has 0 bridgehead atoms. The van der Waals surface area contributed by atoms with Crippen LogP contribution in [0.4, 0.5) is 10.5 Å². The number of likely N-dealkylation sites (tertiary alicyclic amines) is 1. The van der Waals surface area contributed by atoms with Gasteiger partial charge in [0.05, 0.1) is 0 Å². The normalized spacial score (nSPS) is 19.7. The van der Waals surface area contributed by atoms with E-state index in [1.807, 2.05) is 43.1 Å². The van der Waals surface area contributed by atoms with Crippen molar-refractivity contribution in [2.24, 2.45) is 5.92 Å². The van der Waals surface area contributed by atoms with Crippen molar-refractivity contribution in [1.29, 1.82) is 0 Å². The number of piperidine rings is 1. The van der Waals surface area contributed by atoms with E-state index in [1.54, 1.807) is 4.90 Å². The first-order valence-electron chi connectivity index (χ1n) is 6.67. The maximum atomic E-state index is 12.4. The van der Waals surface area contributed by atoms with Gasteiger partial charge in [0.25, 0.3) is 0 Å². The van der Waals surface area contributed by atoms with E-state index >= 15 is 0 Å². The molecule has 2 rings (SSSR count). The molecule has 1 aliphatic heterocycles. The van der Waals surface area contributed by atoms with E-state index in [2.05, 4.69) is 6.92 Å². The number of aryl methyl sites for hydroxylation is 1. The van der Waals surface area contributed by atoms with Gasteiger partial charge in [-0.1, -0.05) is 19.1 Å². The fourth-order valence-electron chi connectivity index (χ4n) is 2.52. The number of benzene rings is 1. The summed E-state index contributed by atoms with van der Waals surface area (Å²) in [5, 5.41) is 0. The largest absolute Gasteiger partial charge is 0.324 e. The van der Waals surface area contributed by atoms with Crippen molar-refractivity contribution in [3.05, 3.63) is 29.8 Å². The van der Waals surface area contributed by atoms with Crippen molar-refractivity contribution in [2.45, 2.75) is 26.7 Å². The first kappa shape index (κ1) is 12.9. The molecule has 0 aliphatic carbocycles. The molecule has 0 saturated carbocycles. The Morgan fingerprint density at radius 3 is 2.89 bits per heavy atom. The minimum atomic E-state index is 0.118. The van der Waals surface area contributed by atoms with Gasteiger partial charge in [-0.15, -0.1) is 0 Å². The fourth-order valence-corrected chi connectivity index (χ4v) is 2.52. The molecule has 1 aromatic carbocycles. The Labute approximate surface area is 109 Å². The summed E-state index contributed by atoms with van der Waals surface area (Å²) in [6.45, 7) is 6.03. The van der Waals surface area contributed by atoms with E-state index in [4.69, 9.17) is 0 Å². The molecule has 0 radical (unpaired) electrons. The van der Waals surface area contributed by atoms with Crippen molar-refractivity contribution in [3.8, 4) is 0 Å². The van der Waals surface area contributed by atoms with Gasteiger partial charge in [0.2, 0.25) is 0 Å². The van der Waals surface area contributed by atoms with Crippen LogP contribution < -0.4 is 4.90 Å². The maximum absolute atomic E-state index is 12.4. The van der Waals surface area contributed by atoms with Crippen LogP contribution in [0.15, 0.2) is 24.3 Å². The maximum Gasteiger partial charge on any atom is 0.324 e. The summed E-state index contributed by atoms with van der Waals surface area (Å²) >= 11 is 0. The molecule has 0 spiro atoms. The zero-order chi connectivity index (χ0) is 13.1. The molecule has 3 nitrogen and oxygen atoms in total. The number of hydrogen-bond acceptors (Lipinski definition) is 1. The van der Waals surface area contributed by atoms with Gasteiger partial charge in [0.15, 0.2) is 0 Å². The van der Waals surface area contributed by atoms with Crippen LogP contribution in [-0.4, -0.2) is 31.1 Å². The zero-order valence-corrected chi connectivity index (χ0v) is 11.5. The molecule has 2 amide bonds. The Hall–Kier alpha value is -1.51. The number of anilines is 1. The second-order valence-electron chi connectivity index (χ2n) is 5.37. The van der Waals surface area contributed by atoms with Gasteiger partial charge >= 0.3 is 6.03 Å². The molecule has 1 unspecified atom stereocenters. The highest BCUT2D eigenvalue weighted by Gasteiger charge is 2.24. The Balaban J connectivity index is 2.08. The average molecular weight is 246 g/mol. The summed E-state index contributed by atoms with van der Waals surface area (Å²) in [7, 11) is 1.86. The van der Waals surface area contributed by atoms with Crippen molar-refractivity contribution in [2.75, 3.05) is 25.0 Å². The molecule has 0 N–H and O–H groups in total. The molecule has 1 fully saturated rings. The van der Waals surface area contributed by atoms with Gasteiger partial charge in [-0.3, -0.25) is 4.90 Å². The number of nitrogens with zero attached hydrogens (tertiary/aromatic N) is 2. The Bertz CT molecular complexity index is 430. The van der Waals surface area contributed by atoms with E-state index in [1.165, 1.54) is 12.0 Å². The standard InChI is InChI=1S/C15H22N2O/c1-12-6-4-8-14(10-12)16(3)15(18)17-9-5-7-13(2)11-17/h4,6,8,10,13H,5,7,9,11H2,1-3H3. The summed E-state index contributed by atoms with van der Waals surface area (Å²) in [6.07, 6.45) is 2.35. The first-order valence-corrected chi connectivity index (χ1v) is 6.67. The van der Waals surface area contributed by atoms with Gasteiger partial charge < -0.3 is 4.90 Å². The van der Waals surface area contributed by atoms with Gasteiger partial charge in [-0.2, -0.15) is 0 Å². The Morgan fingerprint density at radius 1 is 1.44 bits per heavy atom. The van der Waals surface area contributed by atoms with Crippen LogP contribution in [-0.2, 0) is 0 Å². The first-order chi connectivity index (χ1) is 8.58. The predicted octanol–water partition coefficient (Wildman–Crippen LogP) is 3.28. The van der Waals surface area contributed by atoms with Gasteiger partial charge in [0, 0.05) is 25.8 Å². The number of urea groups is 1. The van der Waals surface area contributed by atoms with E-state index in [9.17, 15) is 4.79 Å². The minimum absolute atomic E-state index is 0.118. The number of carbonyl (C=O) groups is 1. The van der Waals surface area contributed by atoms with Crippen LogP contribution >= 0.6 is 0 Å². The van der Waals surface area contributed by atoms with Gasteiger partial charge in [-0.05, 0) is 43.4 Å². The molecule has 3 heteroatoms. The van der Waals surface area contributed by atoms with E-state index in [-0.39, 0.29) is 6.03 Å². The lowest BCUT2D eigenvalue weighted by Crippen LogP contribution is -2.45. The predicted molar refractivity (Wildman–Crippen MR) is 74.9 cm³/mol. The lowest BCUT2D eigenvalue weighted by molar-refractivity contribution is 0.177. The minimum Gasteiger partial charge on any atom is -0.324 e. The monoisotopic (exact) mass is 246 g/mol. The molecule has 98 valence electrons.